The van der Waals surface area contributed by atoms with Crippen molar-refractivity contribution in [1.29, 1.82) is 0 Å². The number of rotatable bonds is 2. The third-order valence-corrected chi connectivity index (χ3v) is 3.42. The van der Waals surface area contributed by atoms with Crippen LogP contribution in [0.1, 0.15) is 31.0 Å². The molecule has 0 N–H and O–H groups in total. The van der Waals surface area contributed by atoms with Crippen LogP contribution >= 0.6 is 0 Å². The predicted octanol–water partition coefficient (Wildman–Crippen LogP) is 3.18. The van der Waals surface area contributed by atoms with E-state index in [1.807, 2.05) is 6.08 Å². The van der Waals surface area contributed by atoms with Gasteiger partial charge >= 0.3 is 0 Å². The highest BCUT2D eigenvalue weighted by Gasteiger charge is 2.27. The van der Waals surface area contributed by atoms with E-state index in [0.717, 1.165) is 13.0 Å². The van der Waals surface area contributed by atoms with Crippen molar-refractivity contribution in [3.8, 4) is 0 Å². The third kappa shape index (κ3) is 1.84. The Morgan fingerprint density at radius 1 is 1.40 bits per heavy atom. The second-order valence-electron chi connectivity index (χ2n) is 4.41. The van der Waals surface area contributed by atoms with Crippen molar-refractivity contribution in [2.75, 3.05) is 6.54 Å². The summed E-state index contributed by atoms with van der Waals surface area (Å²) in [6.45, 7) is 9.41. The van der Waals surface area contributed by atoms with E-state index in [0.29, 0.717) is 12.1 Å². The Labute approximate surface area is 92.4 Å². The molecule has 1 aliphatic rings. The van der Waals surface area contributed by atoms with Crippen LogP contribution in [0.25, 0.3) is 0 Å². The standard InChI is InChI=1S/C14H19N/c1-4-9-15-11(2)10-13-7-5-6-8-14(13)12(15)3/h4-8,11-12H,1,9-10H2,2-3H3/t11-,12-/m0/s1. The van der Waals surface area contributed by atoms with E-state index < -0.39 is 0 Å². The van der Waals surface area contributed by atoms with Crippen molar-refractivity contribution < 1.29 is 0 Å². The molecule has 1 heteroatoms. The van der Waals surface area contributed by atoms with Crippen molar-refractivity contribution in [1.82, 2.24) is 4.90 Å². The van der Waals surface area contributed by atoms with Gasteiger partial charge in [-0.1, -0.05) is 30.3 Å². The first-order valence-corrected chi connectivity index (χ1v) is 5.68. The molecule has 1 nitrogen and oxygen atoms in total. The van der Waals surface area contributed by atoms with Gasteiger partial charge in [-0.3, -0.25) is 4.90 Å². The summed E-state index contributed by atoms with van der Waals surface area (Å²) in [4.78, 5) is 2.51. The van der Waals surface area contributed by atoms with Crippen LogP contribution in [0.2, 0.25) is 0 Å². The highest BCUT2D eigenvalue weighted by Crippen LogP contribution is 2.32. The van der Waals surface area contributed by atoms with Crippen LogP contribution in [0.5, 0.6) is 0 Å². The molecule has 1 heterocycles. The highest BCUT2D eigenvalue weighted by atomic mass is 15.2. The Morgan fingerprint density at radius 3 is 2.87 bits per heavy atom. The molecular formula is C14H19N. The Hall–Kier alpha value is -1.08. The van der Waals surface area contributed by atoms with E-state index in [4.69, 9.17) is 0 Å². The van der Waals surface area contributed by atoms with Gasteiger partial charge in [-0.25, -0.2) is 0 Å². The summed E-state index contributed by atoms with van der Waals surface area (Å²) < 4.78 is 0. The SMILES string of the molecule is C=CCN1[C@@H](C)Cc2ccccc2[C@@H]1C. The van der Waals surface area contributed by atoms with E-state index in [2.05, 4.69) is 49.6 Å². The van der Waals surface area contributed by atoms with Crippen LogP contribution in [-0.2, 0) is 6.42 Å². The van der Waals surface area contributed by atoms with Gasteiger partial charge in [0.2, 0.25) is 0 Å². The van der Waals surface area contributed by atoms with Crippen LogP contribution in [0.15, 0.2) is 36.9 Å². The molecule has 15 heavy (non-hydrogen) atoms. The minimum Gasteiger partial charge on any atom is -0.290 e. The smallest absolute Gasteiger partial charge is 0.0328 e. The van der Waals surface area contributed by atoms with Gasteiger partial charge < -0.3 is 0 Å². The lowest BCUT2D eigenvalue weighted by Gasteiger charge is -2.39. The summed E-state index contributed by atoms with van der Waals surface area (Å²) in [6, 6.07) is 9.92. The van der Waals surface area contributed by atoms with E-state index in [1.54, 1.807) is 0 Å². The first-order chi connectivity index (χ1) is 7.24. The second-order valence-corrected chi connectivity index (χ2v) is 4.41. The lowest BCUT2D eigenvalue weighted by molar-refractivity contribution is 0.157. The molecule has 1 aromatic rings. The quantitative estimate of drug-likeness (QED) is 0.664. The molecule has 0 saturated heterocycles. The highest BCUT2D eigenvalue weighted by molar-refractivity contribution is 5.33. The van der Waals surface area contributed by atoms with E-state index in [-0.39, 0.29) is 0 Å². The fourth-order valence-electron chi connectivity index (χ4n) is 2.61. The Bertz CT molecular complexity index is 356. The molecule has 1 aliphatic heterocycles. The van der Waals surface area contributed by atoms with E-state index in [9.17, 15) is 0 Å². The maximum absolute atomic E-state index is 3.84. The van der Waals surface area contributed by atoms with Crippen molar-refractivity contribution in [3.05, 3.63) is 48.0 Å². The molecule has 2 atom stereocenters. The number of hydrogen-bond acceptors (Lipinski definition) is 1. The molecular weight excluding hydrogens is 182 g/mol. The van der Waals surface area contributed by atoms with Crippen molar-refractivity contribution in [2.24, 2.45) is 0 Å². The van der Waals surface area contributed by atoms with Gasteiger partial charge in [0.05, 0.1) is 0 Å². The first-order valence-electron chi connectivity index (χ1n) is 5.68. The molecule has 0 radical (unpaired) electrons. The molecule has 80 valence electrons. The fraction of sp³-hybridized carbons (Fsp3) is 0.429. The average Bonchev–Trinajstić information content (AvgIpc) is 2.24. The van der Waals surface area contributed by atoms with Gasteiger partial charge in [-0.15, -0.1) is 6.58 Å². The van der Waals surface area contributed by atoms with Gasteiger partial charge in [-0.2, -0.15) is 0 Å². The maximum Gasteiger partial charge on any atom is 0.0328 e. The lowest BCUT2D eigenvalue weighted by atomic mass is 9.89. The minimum absolute atomic E-state index is 0.517. The molecule has 0 saturated carbocycles. The zero-order valence-electron chi connectivity index (χ0n) is 9.61. The van der Waals surface area contributed by atoms with E-state index in [1.165, 1.54) is 11.1 Å². The lowest BCUT2D eigenvalue weighted by Crippen LogP contribution is -2.40. The summed E-state index contributed by atoms with van der Waals surface area (Å²) in [5.41, 5.74) is 3.00. The summed E-state index contributed by atoms with van der Waals surface area (Å²) in [5, 5.41) is 0. The molecule has 2 rings (SSSR count). The zero-order chi connectivity index (χ0) is 10.8. The number of fused-ring (bicyclic) bond motifs is 1. The van der Waals surface area contributed by atoms with Gasteiger partial charge in [0.25, 0.3) is 0 Å². The van der Waals surface area contributed by atoms with E-state index >= 15 is 0 Å². The Balaban J connectivity index is 2.33. The molecule has 1 aromatic carbocycles. The Morgan fingerprint density at radius 2 is 2.13 bits per heavy atom. The topological polar surface area (TPSA) is 3.24 Å². The minimum atomic E-state index is 0.517. The van der Waals surface area contributed by atoms with Gasteiger partial charge in [0.15, 0.2) is 0 Å². The summed E-state index contributed by atoms with van der Waals surface area (Å²) in [6.07, 6.45) is 3.16. The summed E-state index contributed by atoms with van der Waals surface area (Å²) in [5.74, 6) is 0. The zero-order valence-corrected chi connectivity index (χ0v) is 9.61. The van der Waals surface area contributed by atoms with Crippen LogP contribution < -0.4 is 0 Å². The molecule has 0 fully saturated rings. The van der Waals surface area contributed by atoms with Crippen LogP contribution in [-0.4, -0.2) is 17.5 Å². The van der Waals surface area contributed by atoms with Gasteiger partial charge in [-0.05, 0) is 31.4 Å². The molecule has 0 bridgehead atoms. The van der Waals surface area contributed by atoms with Crippen LogP contribution in [0, 0.1) is 0 Å². The van der Waals surface area contributed by atoms with Crippen molar-refractivity contribution in [2.45, 2.75) is 32.4 Å². The largest absolute Gasteiger partial charge is 0.290 e. The fourth-order valence-corrected chi connectivity index (χ4v) is 2.61. The van der Waals surface area contributed by atoms with Crippen LogP contribution in [0.3, 0.4) is 0 Å². The normalized spacial score (nSPS) is 26.0. The summed E-state index contributed by atoms with van der Waals surface area (Å²) >= 11 is 0. The van der Waals surface area contributed by atoms with Crippen LogP contribution in [0.4, 0.5) is 0 Å². The molecule has 0 aromatic heterocycles. The average molecular weight is 201 g/mol. The maximum atomic E-state index is 3.84. The number of benzene rings is 1. The van der Waals surface area contributed by atoms with Gasteiger partial charge in [0.1, 0.15) is 0 Å². The molecule has 0 aliphatic carbocycles. The monoisotopic (exact) mass is 201 g/mol. The van der Waals surface area contributed by atoms with Crippen molar-refractivity contribution in [3.63, 3.8) is 0 Å². The third-order valence-electron chi connectivity index (χ3n) is 3.42. The molecule has 0 spiro atoms. The van der Waals surface area contributed by atoms with Crippen molar-refractivity contribution >= 4 is 0 Å². The number of nitrogens with zero attached hydrogens (tertiary/aromatic N) is 1. The first kappa shape index (κ1) is 10.4. The number of hydrogen-bond donors (Lipinski definition) is 0. The summed E-state index contributed by atoms with van der Waals surface area (Å²) in [7, 11) is 0. The molecule has 0 unspecified atom stereocenters. The van der Waals surface area contributed by atoms with Gasteiger partial charge in [0, 0.05) is 18.6 Å². The predicted molar refractivity (Wildman–Crippen MR) is 64.9 cm³/mol. The molecule has 0 amide bonds. The Kier molecular flexibility index (Phi) is 2.92. The second kappa shape index (κ2) is 4.19.